The monoisotopic (exact) mass is 300 g/mol. The van der Waals surface area contributed by atoms with Crippen LogP contribution in [0.1, 0.15) is 13.8 Å². The van der Waals surface area contributed by atoms with E-state index in [9.17, 15) is 4.79 Å². The highest BCUT2D eigenvalue weighted by Gasteiger charge is 2.08. The van der Waals surface area contributed by atoms with Gasteiger partial charge in [-0.05, 0) is 37.1 Å². The third-order valence-electron chi connectivity index (χ3n) is 2.95. The number of benzene rings is 2. The molecule has 0 unspecified atom stereocenters. The Bertz CT molecular complexity index is 627. The summed E-state index contributed by atoms with van der Waals surface area (Å²) >= 11 is 0. The first kappa shape index (κ1) is 15.7. The van der Waals surface area contributed by atoms with E-state index in [1.165, 1.54) is 0 Å². The molecule has 0 spiro atoms. The van der Waals surface area contributed by atoms with Gasteiger partial charge in [-0.3, -0.25) is 5.43 Å². The van der Waals surface area contributed by atoms with E-state index in [4.69, 9.17) is 9.47 Å². The van der Waals surface area contributed by atoms with Crippen molar-refractivity contribution in [2.24, 2.45) is 0 Å². The predicted octanol–water partition coefficient (Wildman–Crippen LogP) is 3.82. The highest BCUT2D eigenvalue weighted by Crippen LogP contribution is 2.30. The summed E-state index contributed by atoms with van der Waals surface area (Å²) in [6, 6.07) is 15.7. The molecule has 5 nitrogen and oxygen atoms in total. The van der Waals surface area contributed by atoms with Crippen LogP contribution in [0.2, 0.25) is 0 Å². The SMILES string of the molecule is COc1cc(-c2ccccc2)ccc1NNC(=O)OC(C)C. The summed E-state index contributed by atoms with van der Waals surface area (Å²) < 4.78 is 10.4. The summed E-state index contributed by atoms with van der Waals surface area (Å²) in [4.78, 5) is 11.5. The number of carbonyl (C=O) groups excluding carboxylic acids is 1. The lowest BCUT2D eigenvalue weighted by atomic mass is 10.1. The van der Waals surface area contributed by atoms with Crippen LogP contribution in [0.3, 0.4) is 0 Å². The van der Waals surface area contributed by atoms with Crippen molar-refractivity contribution in [1.29, 1.82) is 0 Å². The molecule has 0 bridgehead atoms. The fourth-order valence-corrected chi connectivity index (χ4v) is 1.97. The molecular weight excluding hydrogens is 280 g/mol. The van der Waals surface area contributed by atoms with Gasteiger partial charge in [-0.15, -0.1) is 0 Å². The van der Waals surface area contributed by atoms with Crippen LogP contribution in [0.25, 0.3) is 11.1 Å². The Morgan fingerprint density at radius 3 is 2.41 bits per heavy atom. The van der Waals surface area contributed by atoms with Gasteiger partial charge in [0.1, 0.15) is 5.75 Å². The van der Waals surface area contributed by atoms with E-state index in [1.54, 1.807) is 21.0 Å². The van der Waals surface area contributed by atoms with Crippen molar-refractivity contribution < 1.29 is 14.3 Å². The van der Waals surface area contributed by atoms with Gasteiger partial charge in [-0.25, -0.2) is 10.2 Å². The number of ether oxygens (including phenoxy) is 2. The molecule has 0 radical (unpaired) electrons. The maximum Gasteiger partial charge on any atom is 0.426 e. The van der Waals surface area contributed by atoms with E-state index >= 15 is 0 Å². The van der Waals surface area contributed by atoms with Gasteiger partial charge in [-0.1, -0.05) is 36.4 Å². The Hall–Kier alpha value is -2.69. The number of hydrogen-bond acceptors (Lipinski definition) is 4. The molecule has 5 heteroatoms. The molecule has 0 aromatic heterocycles. The highest BCUT2D eigenvalue weighted by atomic mass is 16.6. The Balaban J connectivity index is 2.11. The summed E-state index contributed by atoms with van der Waals surface area (Å²) in [5, 5.41) is 0. The largest absolute Gasteiger partial charge is 0.494 e. The molecular formula is C17H20N2O3. The van der Waals surface area contributed by atoms with Crippen LogP contribution in [0.15, 0.2) is 48.5 Å². The van der Waals surface area contributed by atoms with E-state index in [0.29, 0.717) is 11.4 Å². The van der Waals surface area contributed by atoms with E-state index in [0.717, 1.165) is 11.1 Å². The normalized spacial score (nSPS) is 10.2. The van der Waals surface area contributed by atoms with Crippen LogP contribution in [0, 0.1) is 0 Å². The molecule has 0 saturated heterocycles. The van der Waals surface area contributed by atoms with Crippen molar-refractivity contribution >= 4 is 11.8 Å². The number of nitrogens with one attached hydrogen (secondary N) is 2. The van der Waals surface area contributed by atoms with E-state index < -0.39 is 6.09 Å². The fraction of sp³-hybridized carbons (Fsp3) is 0.235. The first-order valence-electron chi connectivity index (χ1n) is 7.06. The molecule has 0 heterocycles. The molecule has 116 valence electrons. The molecule has 0 aliphatic heterocycles. The van der Waals surface area contributed by atoms with Crippen LogP contribution < -0.4 is 15.6 Å². The number of methoxy groups -OCH3 is 1. The number of carbonyl (C=O) groups is 1. The van der Waals surface area contributed by atoms with Crippen molar-refractivity contribution in [2.45, 2.75) is 20.0 Å². The van der Waals surface area contributed by atoms with Gasteiger partial charge in [0.2, 0.25) is 0 Å². The minimum atomic E-state index is -0.538. The second kappa shape index (κ2) is 7.36. The first-order valence-corrected chi connectivity index (χ1v) is 7.06. The topological polar surface area (TPSA) is 59.6 Å². The van der Waals surface area contributed by atoms with Gasteiger partial charge in [0, 0.05) is 0 Å². The molecule has 0 atom stereocenters. The maximum atomic E-state index is 11.5. The van der Waals surface area contributed by atoms with Crippen LogP contribution in [-0.2, 0) is 4.74 Å². The molecule has 0 aliphatic rings. The fourth-order valence-electron chi connectivity index (χ4n) is 1.97. The van der Waals surface area contributed by atoms with Gasteiger partial charge in [0.15, 0.2) is 0 Å². The van der Waals surface area contributed by atoms with Gasteiger partial charge >= 0.3 is 6.09 Å². The van der Waals surface area contributed by atoms with E-state index in [1.807, 2.05) is 48.5 Å². The summed E-state index contributed by atoms with van der Waals surface area (Å²) in [7, 11) is 1.59. The molecule has 0 fully saturated rings. The van der Waals surface area contributed by atoms with E-state index in [2.05, 4.69) is 10.9 Å². The third-order valence-corrected chi connectivity index (χ3v) is 2.95. The minimum absolute atomic E-state index is 0.177. The van der Waals surface area contributed by atoms with E-state index in [-0.39, 0.29) is 6.10 Å². The van der Waals surface area contributed by atoms with Gasteiger partial charge in [0.05, 0.1) is 18.9 Å². The summed E-state index contributed by atoms with van der Waals surface area (Å²) in [6.45, 7) is 3.57. The maximum absolute atomic E-state index is 11.5. The molecule has 2 rings (SSSR count). The molecule has 2 aromatic carbocycles. The zero-order valence-electron chi connectivity index (χ0n) is 12.9. The average Bonchev–Trinajstić information content (AvgIpc) is 2.53. The summed E-state index contributed by atoms with van der Waals surface area (Å²) in [6.07, 6.45) is -0.714. The van der Waals surface area contributed by atoms with Crippen LogP contribution in [0.5, 0.6) is 5.75 Å². The second-order valence-corrected chi connectivity index (χ2v) is 4.99. The minimum Gasteiger partial charge on any atom is -0.494 e. The molecule has 2 aromatic rings. The van der Waals surface area contributed by atoms with Gasteiger partial charge in [-0.2, -0.15) is 0 Å². The Morgan fingerprint density at radius 1 is 1.05 bits per heavy atom. The van der Waals surface area contributed by atoms with Crippen LogP contribution >= 0.6 is 0 Å². The van der Waals surface area contributed by atoms with Crippen LogP contribution in [0.4, 0.5) is 10.5 Å². The first-order chi connectivity index (χ1) is 10.6. The Kier molecular flexibility index (Phi) is 5.25. The van der Waals surface area contributed by atoms with Crippen molar-refractivity contribution in [3.05, 3.63) is 48.5 Å². The summed E-state index contributed by atoms with van der Waals surface area (Å²) in [5.74, 6) is 0.631. The van der Waals surface area contributed by atoms with Crippen molar-refractivity contribution in [1.82, 2.24) is 5.43 Å². The standard InChI is InChI=1S/C17H20N2O3/c1-12(2)22-17(20)19-18-15-10-9-14(11-16(15)21-3)13-7-5-4-6-8-13/h4-12,18H,1-3H3,(H,19,20). The van der Waals surface area contributed by atoms with Crippen molar-refractivity contribution in [2.75, 3.05) is 12.5 Å². The third kappa shape index (κ3) is 4.15. The van der Waals surface area contributed by atoms with Crippen molar-refractivity contribution in [3.8, 4) is 16.9 Å². The zero-order chi connectivity index (χ0) is 15.9. The number of amides is 1. The quantitative estimate of drug-likeness (QED) is 0.824. The molecule has 0 saturated carbocycles. The lowest BCUT2D eigenvalue weighted by molar-refractivity contribution is 0.117. The summed E-state index contributed by atoms with van der Waals surface area (Å²) in [5.41, 5.74) is 8.06. The lowest BCUT2D eigenvalue weighted by Gasteiger charge is -2.14. The highest BCUT2D eigenvalue weighted by molar-refractivity contribution is 5.74. The van der Waals surface area contributed by atoms with Crippen molar-refractivity contribution in [3.63, 3.8) is 0 Å². The zero-order valence-corrected chi connectivity index (χ0v) is 12.9. The number of rotatable bonds is 5. The Labute approximate surface area is 130 Å². The molecule has 2 N–H and O–H groups in total. The second-order valence-electron chi connectivity index (χ2n) is 4.99. The average molecular weight is 300 g/mol. The predicted molar refractivity (Wildman–Crippen MR) is 86.8 cm³/mol. The molecule has 22 heavy (non-hydrogen) atoms. The van der Waals surface area contributed by atoms with Crippen LogP contribution in [-0.4, -0.2) is 19.3 Å². The molecule has 1 amide bonds. The smallest absolute Gasteiger partial charge is 0.426 e. The lowest BCUT2D eigenvalue weighted by Crippen LogP contribution is -2.31. The van der Waals surface area contributed by atoms with Gasteiger partial charge in [0.25, 0.3) is 0 Å². The number of hydrogen-bond donors (Lipinski definition) is 2. The molecule has 0 aliphatic carbocycles. The number of hydrazine groups is 1. The Morgan fingerprint density at radius 2 is 1.77 bits per heavy atom. The number of anilines is 1. The van der Waals surface area contributed by atoms with Gasteiger partial charge < -0.3 is 9.47 Å².